The Bertz CT molecular complexity index is 1350. The Balaban J connectivity index is 1.78. The third-order valence-corrected chi connectivity index (χ3v) is 4.96. The van der Waals surface area contributed by atoms with Gasteiger partial charge in [-0.3, -0.25) is 0 Å². The zero-order chi connectivity index (χ0) is 25.2. The summed E-state index contributed by atoms with van der Waals surface area (Å²) in [6.07, 6.45) is -4.50. The molecule has 2 aromatic heterocycles. The van der Waals surface area contributed by atoms with Gasteiger partial charge in [0.25, 0.3) is 0 Å². The average molecular weight is 484 g/mol. The van der Waals surface area contributed by atoms with Crippen LogP contribution in [-0.2, 0) is 10.9 Å². The fraction of sp³-hybridized carbons (Fsp3) is 0.231. The molecular weight excluding hydrogens is 461 g/mol. The summed E-state index contributed by atoms with van der Waals surface area (Å²) in [6.45, 7) is 5.75. The summed E-state index contributed by atoms with van der Waals surface area (Å²) < 4.78 is 55.9. The maximum atomic E-state index is 13.1. The Kier molecular flexibility index (Phi) is 6.68. The first-order valence-electron chi connectivity index (χ1n) is 11.0. The third kappa shape index (κ3) is 5.56. The summed E-state index contributed by atoms with van der Waals surface area (Å²) in [5.74, 6) is 0.203. The standard InChI is InChI=1S/C26H23F3N2O4/c1-4-33-25(32)21-12-17-13-22(35-20-7-5-6-18(14-20)26(27,28)29)31-23(24(17)30-21)16-8-10-19(11-9-16)34-15(2)3/h5-15,30H,4H2,1-3H3. The van der Waals surface area contributed by atoms with Gasteiger partial charge in [-0.25, -0.2) is 9.78 Å². The second kappa shape index (κ2) is 9.69. The Morgan fingerprint density at radius 2 is 1.77 bits per heavy atom. The number of nitrogens with one attached hydrogen (secondary N) is 1. The largest absolute Gasteiger partial charge is 0.491 e. The predicted octanol–water partition coefficient (Wildman–Crippen LogP) is 7.00. The van der Waals surface area contributed by atoms with Crippen LogP contribution in [0.25, 0.3) is 22.2 Å². The SMILES string of the molecule is CCOC(=O)c1cc2cc(Oc3cccc(C(F)(F)F)c3)nc(-c3ccc(OC(C)C)cc3)c2[nH]1. The molecule has 4 rings (SSSR count). The maximum absolute atomic E-state index is 13.1. The third-order valence-electron chi connectivity index (χ3n) is 4.96. The van der Waals surface area contributed by atoms with E-state index in [0.717, 1.165) is 12.1 Å². The fourth-order valence-electron chi connectivity index (χ4n) is 3.51. The smallest absolute Gasteiger partial charge is 0.416 e. The molecule has 182 valence electrons. The molecule has 0 atom stereocenters. The molecule has 0 amide bonds. The molecule has 0 aliphatic rings. The first kappa shape index (κ1) is 24.1. The summed E-state index contributed by atoms with van der Waals surface area (Å²) >= 11 is 0. The molecule has 0 saturated carbocycles. The molecule has 0 saturated heterocycles. The van der Waals surface area contributed by atoms with Gasteiger partial charge in [0.05, 0.1) is 29.5 Å². The molecule has 0 aliphatic carbocycles. The van der Waals surface area contributed by atoms with E-state index in [0.29, 0.717) is 27.9 Å². The summed E-state index contributed by atoms with van der Waals surface area (Å²) in [4.78, 5) is 19.9. The number of alkyl halides is 3. The molecule has 4 aromatic rings. The molecule has 0 aliphatic heterocycles. The lowest BCUT2D eigenvalue weighted by Crippen LogP contribution is -2.05. The van der Waals surface area contributed by atoms with Crippen LogP contribution in [0.5, 0.6) is 17.4 Å². The number of fused-ring (bicyclic) bond motifs is 1. The molecule has 0 spiro atoms. The van der Waals surface area contributed by atoms with E-state index in [-0.39, 0.29) is 30.0 Å². The second-order valence-corrected chi connectivity index (χ2v) is 8.00. The van der Waals surface area contributed by atoms with Crippen molar-refractivity contribution in [2.24, 2.45) is 0 Å². The Morgan fingerprint density at radius 1 is 1.03 bits per heavy atom. The van der Waals surface area contributed by atoms with Crippen molar-refractivity contribution in [1.29, 1.82) is 0 Å². The highest BCUT2D eigenvalue weighted by Crippen LogP contribution is 2.35. The number of rotatable bonds is 7. The van der Waals surface area contributed by atoms with E-state index in [1.807, 2.05) is 13.8 Å². The van der Waals surface area contributed by atoms with Crippen LogP contribution in [0.4, 0.5) is 13.2 Å². The number of carbonyl (C=O) groups is 1. The number of esters is 1. The summed E-state index contributed by atoms with van der Waals surface area (Å²) in [5, 5.41) is 0.586. The number of nitrogens with zero attached hydrogens (tertiary/aromatic N) is 1. The number of benzene rings is 2. The van der Waals surface area contributed by atoms with E-state index in [1.165, 1.54) is 12.1 Å². The Hall–Kier alpha value is -4.01. The highest BCUT2D eigenvalue weighted by Gasteiger charge is 2.30. The van der Waals surface area contributed by atoms with Gasteiger partial charge in [-0.05, 0) is 69.3 Å². The summed E-state index contributed by atoms with van der Waals surface area (Å²) in [7, 11) is 0. The zero-order valence-corrected chi connectivity index (χ0v) is 19.3. The van der Waals surface area contributed by atoms with Gasteiger partial charge in [-0.2, -0.15) is 13.2 Å². The lowest BCUT2D eigenvalue weighted by molar-refractivity contribution is -0.137. The van der Waals surface area contributed by atoms with Gasteiger partial charge < -0.3 is 19.2 Å². The summed E-state index contributed by atoms with van der Waals surface area (Å²) in [6, 6.07) is 14.9. The van der Waals surface area contributed by atoms with Gasteiger partial charge in [0.2, 0.25) is 5.88 Å². The minimum Gasteiger partial charge on any atom is -0.491 e. The molecule has 0 radical (unpaired) electrons. The molecule has 2 aromatic carbocycles. The molecule has 35 heavy (non-hydrogen) atoms. The van der Waals surface area contributed by atoms with Crippen LogP contribution in [0, 0.1) is 0 Å². The number of aromatic nitrogens is 2. The van der Waals surface area contributed by atoms with Crippen molar-refractivity contribution in [3.63, 3.8) is 0 Å². The van der Waals surface area contributed by atoms with E-state index in [4.69, 9.17) is 14.2 Å². The second-order valence-electron chi connectivity index (χ2n) is 8.00. The monoisotopic (exact) mass is 484 g/mol. The van der Waals surface area contributed by atoms with E-state index in [9.17, 15) is 18.0 Å². The molecule has 1 N–H and O–H groups in total. The van der Waals surface area contributed by atoms with Crippen molar-refractivity contribution in [1.82, 2.24) is 9.97 Å². The van der Waals surface area contributed by atoms with Crippen LogP contribution in [0.2, 0.25) is 0 Å². The quantitative estimate of drug-likeness (QED) is 0.286. The van der Waals surface area contributed by atoms with Crippen LogP contribution in [0.15, 0.2) is 60.7 Å². The molecule has 6 nitrogen and oxygen atoms in total. The number of hydrogen-bond acceptors (Lipinski definition) is 5. The van der Waals surface area contributed by atoms with Crippen molar-refractivity contribution in [3.8, 4) is 28.6 Å². The van der Waals surface area contributed by atoms with Crippen LogP contribution >= 0.6 is 0 Å². The topological polar surface area (TPSA) is 73.4 Å². The molecule has 2 heterocycles. The van der Waals surface area contributed by atoms with Crippen molar-refractivity contribution < 1.29 is 32.2 Å². The highest BCUT2D eigenvalue weighted by molar-refractivity contribution is 5.99. The van der Waals surface area contributed by atoms with Crippen molar-refractivity contribution in [3.05, 3.63) is 71.9 Å². The minimum absolute atomic E-state index is 0.00501. The van der Waals surface area contributed by atoms with Crippen LogP contribution in [-0.4, -0.2) is 28.6 Å². The van der Waals surface area contributed by atoms with Crippen molar-refractivity contribution >= 4 is 16.9 Å². The molecule has 0 unspecified atom stereocenters. The van der Waals surface area contributed by atoms with Crippen LogP contribution in [0.1, 0.15) is 36.8 Å². The van der Waals surface area contributed by atoms with E-state index >= 15 is 0 Å². The first-order valence-corrected chi connectivity index (χ1v) is 11.0. The number of ether oxygens (including phenoxy) is 3. The average Bonchev–Trinajstić information content (AvgIpc) is 3.23. The van der Waals surface area contributed by atoms with Gasteiger partial charge in [0, 0.05) is 17.0 Å². The number of carbonyl (C=O) groups excluding carboxylic acids is 1. The Labute approximate surface area is 199 Å². The maximum Gasteiger partial charge on any atom is 0.416 e. The van der Waals surface area contributed by atoms with Gasteiger partial charge >= 0.3 is 12.1 Å². The lowest BCUT2D eigenvalue weighted by atomic mass is 10.1. The van der Waals surface area contributed by atoms with Gasteiger partial charge in [0.1, 0.15) is 17.2 Å². The predicted molar refractivity (Wildman–Crippen MR) is 125 cm³/mol. The lowest BCUT2D eigenvalue weighted by Gasteiger charge is -2.12. The number of pyridine rings is 1. The van der Waals surface area contributed by atoms with E-state index in [2.05, 4.69) is 9.97 Å². The zero-order valence-electron chi connectivity index (χ0n) is 19.3. The van der Waals surface area contributed by atoms with Crippen molar-refractivity contribution in [2.45, 2.75) is 33.1 Å². The van der Waals surface area contributed by atoms with Gasteiger partial charge in [0.15, 0.2) is 0 Å². The normalized spacial score (nSPS) is 11.6. The van der Waals surface area contributed by atoms with E-state index in [1.54, 1.807) is 43.3 Å². The highest BCUT2D eigenvalue weighted by atomic mass is 19.4. The molecular formula is C26H23F3N2O4. The first-order chi connectivity index (χ1) is 16.6. The minimum atomic E-state index is -4.50. The van der Waals surface area contributed by atoms with Gasteiger partial charge in [-0.1, -0.05) is 6.07 Å². The van der Waals surface area contributed by atoms with Crippen LogP contribution < -0.4 is 9.47 Å². The fourth-order valence-corrected chi connectivity index (χ4v) is 3.51. The molecule has 9 heteroatoms. The number of hydrogen-bond donors (Lipinski definition) is 1. The molecule has 0 fully saturated rings. The number of aromatic amines is 1. The number of H-pyrrole nitrogens is 1. The van der Waals surface area contributed by atoms with Crippen molar-refractivity contribution in [2.75, 3.05) is 6.61 Å². The van der Waals surface area contributed by atoms with E-state index < -0.39 is 17.7 Å². The van der Waals surface area contributed by atoms with Gasteiger partial charge in [-0.15, -0.1) is 0 Å². The van der Waals surface area contributed by atoms with Crippen LogP contribution in [0.3, 0.4) is 0 Å². The summed E-state index contributed by atoms with van der Waals surface area (Å²) in [5.41, 5.74) is 1.10. The Morgan fingerprint density at radius 3 is 2.43 bits per heavy atom. The number of halogens is 3. The molecule has 0 bridgehead atoms.